The maximum absolute atomic E-state index is 13.8. The Kier molecular flexibility index (Phi) is 7.78. The van der Waals surface area contributed by atoms with Gasteiger partial charge in [0.25, 0.3) is 11.2 Å². The molecule has 12 heteroatoms. The van der Waals surface area contributed by atoms with Gasteiger partial charge >= 0.3 is 5.97 Å². The lowest BCUT2D eigenvalue weighted by Crippen LogP contribution is -2.40. The van der Waals surface area contributed by atoms with Crippen molar-refractivity contribution in [1.29, 1.82) is 0 Å². The van der Waals surface area contributed by atoms with Crippen molar-refractivity contribution in [3.63, 3.8) is 0 Å². The van der Waals surface area contributed by atoms with Gasteiger partial charge in [0.05, 0.1) is 27.3 Å². The molecule has 1 aliphatic rings. The Bertz CT molecular complexity index is 1820. The van der Waals surface area contributed by atoms with E-state index in [9.17, 15) is 19.7 Å². The second-order valence-corrected chi connectivity index (χ2v) is 10.2. The number of aromatic nitrogens is 1. The largest absolute Gasteiger partial charge is 0.460 e. The number of fused-ring (bicyclic) bond motifs is 1. The average molecular weight is 580 g/mol. The Hall–Kier alpha value is -4.32. The highest BCUT2D eigenvalue weighted by atomic mass is 35.5. The summed E-state index contributed by atoms with van der Waals surface area (Å²) in [5, 5.41) is 11.3. The van der Waals surface area contributed by atoms with E-state index in [2.05, 4.69) is 4.99 Å². The highest BCUT2D eigenvalue weighted by molar-refractivity contribution is 7.07. The lowest BCUT2D eigenvalue weighted by Gasteiger charge is -2.25. The number of rotatable bonds is 8. The van der Waals surface area contributed by atoms with Crippen LogP contribution in [-0.2, 0) is 14.3 Å². The van der Waals surface area contributed by atoms with Crippen molar-refractivity contribution in [2.45, 2.75) is 13.0 Å². The molecule has 0 aliphatic carbocycles. The molecular formula is C28H22ClN3O7S. The number of nitrogens with zero attached hydrogens (tertiary/aromatic N) is 3. The number of halogens is 1. The minimum absolute atomic E-state index is 0.0260. The van der Waals surface area contributed by atoms with E-state index in [1.165, 1.54) is 23.8 Å². The van der Waals surface area contributed by atoms with E-state index in [-0.39, 0.29) is 30.0 Å². The van der Waals surface area contributed by atoms with Gasteiger partial charge in [-0.15, -0.1) is 0 Å². The van der Waals surface area contributed by atoms with Crippen LogP contribution < -0.4 is 14.9 Å². The van der Waals surface area contributed by atoms with E-state index in [0.717, 1.165) is 11.3 Å². The van der Waals surface area contributed by atoms with Crippen LogP contribution in [0, 0.1) is 10.1 Å². The van der Waals surface area contributed by atoms with Gasteiger partial charge in [-0.1, -0.05) is 41.1 Å². The molecule has 0 amide bonds. The number of hydrogen-bond acceptors (Lipinski definition) is 9. The number of allylic oxidation sites excluding steroid dienone is 1. The number of hydrogen-bond donors (Lipinski definition) is 0. The van der Waals surface area contributed by atoms with E-state index < -0.39 is 16.9 Å². The van der Waals surface area contributed by atoms with Crippen molar-refractivity contribution in [2.24, 2.45) is 4.99 Å². The van der Waals surface area contributed by atoms with Crippen molar-refractivity contribution < 1.29 is 23.6 Å². The fraction of sp³-hybridized carbons (Fsp3) is 0.179. The molecule has 3 heterocycles. The number of ether oxygens (including phenoxy) is 2. The summed E-state index contributed by atoms with van der Waals surface area (Å²) in [5.74, 6) is 0.277. The molecule has 204 valence electrons. The predicted octanol–water partition coefficient (Wildman–Crippen LogP) is 4.25. The first-order valence-electron chi connectivity index (χ1n) is 12.1. The lowest BCUT2D eigenvalue weighted by atomic mass is 9.96. The quantitative estimate of drug-likeness (QED) is 0.132. The Morgan fingerprint density at radius 1 is 1.18 bits per heavy atom. The van der Waals surface area contributed by atoms with Crippen molar-refractivity contribution >= 4 is 40.7 Å². The van der Waals surface area contributed by atoms with Crippen molar-refractivity contribution in [3.8, 4) is 11.3 Å². The Balaban J connectivity index is 1.58. The highest BCUT2D eigenvalue weighted by Gasteiger charge is 2.34. The normalized spacial score (nSPS) is 15.1. The summed E-state index contributed by atoms with van der Waals surface area (Å²) >= 11 is 7.70. The number of carbonyl (C=O) groups is 1. The van der Waals surface area contributed by atoms with E-state index in [0.29, 0.717) is 42.7 Å². The molecule has 0 radical (unpaired) electrons. The molecule has 0 fully saturated rings. The zero-order valence-electron chi connectivity index (χ0n) is 21.3. The highest BCUT2D eigenvalue weighted by Crippen LogP contribution is 2.34. The maximum atomic E-state index is 13.8. The van der Waals surface area contributed by atoms with Gasteiger partial charge in [-0.25, -0.2) is 9.79 Å². The van der Waals surface area contributed by atoms with Gasteiger partial charge in [-0.3, -0.25) is 19.5 Å². The number of furan rings is 1. The molecule has 0 bridgehead atoms. The first-order chi connectivity index (χ1) is 19.3. The first-order valence-corrected chi connectivity index (χ1v) is 13.3. The van der Waals surface area contributed by atoms with Gasteiger partial charge in [0.15, 0.2) is 4.80 Å². The smallest absolute Gasteiger partial charge is 0.338 e. The number of thiazole rings is 1. The summed E-state index contributed by atoms with van der Waals surface area (Å²) in [4.78, 5) is 42.4. The molecule has 2 aromatic carbocycles. The third-order valence-electron chi connectivity index (χ3n) is 6.22. The standard InChI is InChI=1S/C28H22ClN3O7S/c1-16-24(27(34)38-14-13-37-2)25(20-5-3-4-6-21(20)29)31-26(33)23(40-28(31)30-16)15-19-11-12-22(39-19)17-7-9-18(10-8-17)32(35)36/h3-12,15,25H,13-14H2,1-2H3/b23-15+. The molecule has 5 rings (SSSR count). The van der Waals surface area contributed by atoms with Gasteiger partial charge < -0.3 is 13.9 Å². The van der Waals surface area contributed by atoms with E-state index in [1.807, 2.05) is 0 Å². The molecule has 0 spiro atoms. The molecule has 1 unspecified atom stereocenters. The SMILES string of the molecule is COCCOC(=O)C1=C(C)N=c2s/c(=C/c3ccc(-c4ccc([N+](=O)[O-])cc4)o3)c(=O)n2C1c1ccccc1Cl. The van der Waals surface area contributed by atoms with Crippen LogP contribution in [-0.4, -0.2) is 35.8 Å². The van der Waals surface area contributed by atoms with Crippen LogP contribution in [0.25, 0.3) is 17.4 Å². The second-order valence-electron chi connectivity index (χ2n) is 8.74. The van der Waals surface area contributed by atoms with E-state index in [1.54, 1.807) is 61.5 Å². The van der Waals surface area contributed by atoms with Crippen LogP contribution in [0.4, 0.5) is 5.69 Å². The maximum Gasteiger partial charge on any atom is 0.338 e. The number of carbonyl (C=O) groups excluding carboxylic acids is 1. The van der Waals surface area contributed by atoms with Crippen LogP contribution in [0.5, 0.6) is 0 Å². The number of non-ortho nitro benzene ring substituents is 1. The first kappa shape index (κ1) is 27.3. The molecular weight excluding hydrogens is 558 g/mol. The summed E-state index contributed by atoms with van der Waals surface area (Å²) in [5.41, 5.74) is 1.43. The van der Waals surface area contributed by atoms with Crippen LogP contribution >= 0.6 is 22.9 Å². The average Bonchev–Trinajstić information content (AvgIpc) is 3.52. The Morgan fingerprint density at radius 3 is 2.62 bits per heavy atom. The predicted molar refractivity (Wildman–Crippen MR) is 149 cm³/mol. The third kappa shape index (κ3) is 5.26. The lowest BCUT2D eigenvalue weighted by molar-refractivity contribution is -0.384. The minimum Gasteiger partial charge on any atom is -0.460 e. The van der Waals surface area contributed by atoms with E-state index >= 15 is 0 Å². The Labute approximate surface area is 236 Å². The molecule has 0 saturated carbocycles. The van der Waals surface area contributed by atoms with Crippen molar-refractivity contribution in [1.82, 2.24) is 4.57 Å². The molecule has 1 aliphatic heterocycles. The van der Waals surface area contributed by atoms with Gasteiger partial charge in [-0.05, 0) is 42.8 Å². The fourth-order valence-corrected chi connectivity index (χ4v) is 5.60. The summed E-state index contributed by atoms with van der Waals surface area (Å²) < 4.78 is 18.1. The zero-order valence-corrected chi connectivity index (χ0v) is 22.9. The van der Waals surface area contributed by atoms with Gasteiger partial charge in [0.1, 0.15) is 24.2 Å². The van der Waals surface area contributed by atoms with Crippen molar-refractivity contribution in [3.05, 3.63) is 118 Å². The molecule has 40 heavy (non-hydrogen) atoms. The topological polar surface area (TPSA) is 126 Å². The second kappa shape index (κ2) is 11.4. The summed E-state index contributed by atoms with van der Waals surface area (Å²) in [6.45, 7) is 1.96. The van der Waals surface area contributed by atoms with E-state index in [4.69, 9.17) is 25.5 Å². The Morgan fingerprint density at radius 2 is 1.93 bits per heavy atom. The number of esters is 1. The van der Waals surface area contributed by atoms with Gasteiger partial charge in [-0.2, -0.15) is 0 Å². The van der Waals surface area contributed by atoms with Gasteiger partial charge in [0, 0.05) is 35.9 Å². The molecule has 0 N–H and O–H groups in total. The van der Waals surface area contributed by atoms with Crippen LogP contribution in [0.1, 0.15) is 24.3 Å². The number of nitro benzene ring substituents is 1. The molecule has 10 nitrogen and oxygen atoms in total. The number of methoxy groups -OCH3 is 1. The summed E-state index contributed by atoms with van der Waals surface area (Å²) in [6, 6.07) is 15.5. The van der Waals surface area contributed by atoms with Crippen LogP contribution in [0.3, 0.4) is 0 Å². The number of benzene rings is 2. The molecule has 2 aromatic heterocycles. The number of nitro groups is 1. The minimum atomic E-state index is -0.852. The van der Waals surface area contributed by atoms with Crippen molar-refractivity contribution in [2.75, 3.05) is 20.3 Å². The molecule has 0 saturated heterocycles. The van der Waals surface area contributed by atoms with Crippen LogP contribution in [0.15, 0.2) is 86.1 Å². The molecule has 1 atom stereocenters. The van der Waals surface area contributed by atoms with Gasteiger partial charge in [0.2, 0.25) is 0 Å². The molecule has 4 aromatic rings. The third-order valence-corrected chi connectivity index (χ3v) is 7.55. The monoisotopic (exact) mass is 579 g/mol. The fourth-order valence-electron chi connectivity index (χ4n) is 4.33. The zero-order chi connectivity index (χ0) is 28.4. The van der Waals surface area contributed by atoms with Crippen LogP contribution in [0.2, 0.25) is 5.02 Å². The summed E-state index contributed by atoms with van der Waals surface area (Å²) in [6.07, 6.45) is 1.60. The summed E-state index contributed by atoms with van der Waals surface area (Å²) in [7, 11) is 1.50.